The van der Waals surface area contributed by atoms with E-state index >= 15 is 0 Å². The van der Waals surface area contributed by atoms with Crippen molar-refractivity contribution in [2.45, 2.75) is 24.5 Å². The Morgan fingerprint density at radius 2 is 1.89 bits per heavy atom. The van der Waals surface area contributed by atoms with Gasteiger partial charge in [-0.1, -0.05) is 47.6 Å². The smallest absolute Gasteiger partial charge is 0.262 e. The number of rotatable bonds is 5. The van der Waals surface area contributed by atoms with E-state index in [9.17, 15) is 9.59 Å². The Morgan fingerprint density at radius 1 is 1.11 bits per heavy atom. The Hall–Kier alpha value is -2.31. The quantitative estimate of drug-likeness (QED) is 0.471. The first-order chi connectivity index (χ1) is 13.6. The van der Waals surface area contributed by atoms with Crippen molar-refractivity contribution in [3.63, 3.8) is 0 Å². The van der Waals surface area contributed by atoms with Gasteiger partial charge >= 0.3 is 0 Å². The number of amides is 1. The van der Waals surface area contributed by atoms with E-state index in [1.807, 2.05) is 41.3 Å². The van der Waals surface area contributed by atoms with Crippen molar-refractivity contribution in [1.29, 1.82) is 0 Å². The molecule has 3 aromatic rings. The van der Waals surface area contributed by atoms with Gasteiger partial charge in [0.2, 0.25) is 5.91 Å². The zero-order valence-electron chi connectivity index (χ0n) is 15.3. The SMILES string of the molecule is O=C(CSc1nc2ccccc2c(=O)n1Cc1cccc(Cl)c1)N1CCCC1. The van der Waals surface area contributed by atoms with Crippen LogP contribution in [0.25, 0.3) is 10.9 Å². The summed E-state index contributed by atoms with van der Waals surface area (Å²) in [7, 11) is 0. The number of fused-ring (bicyclic) bond motifs is 1. The van der Waals surface area contributed by atoms with Crippen LogP contribution in [0.1, 0.15) is 18.4 Å². The molecule has 7 heteroatoms. The van der Waals surface area contributed by atoms with Crippen LogP contribution in [0.15, 0.2) is 58.5 Å². The summed E-state index contributed by atoms with van der Waals surface area (Å²) in [6.45, 7) is 2.00. The van der Waals surface area contributed by atoms with Gasteiger partial charge in [0.15, 0.2) is 5.16 Å². The van der Waals surface area contributed by atoms with E-state index in [0.29, 0.717) is 27.6 Å². The number of hydrogen-bond acceptors (Lipinski definition) is 4. The highest BCUT2D eigenvalue weighted by molar-refractivity contribution is 7.99. The predicted octanol–water partition coefficient (Wildman–Crippen LogP) is 3.81. The van der Waals surface area contributed by atoms with Gasteiger partial charge in [0.25, 0.3) is 5.56 Å². The Balaban J connectivity index is 1.68. The number of halogens is 1. The van der Waals surface area contributed by atoms with E-state index < -0.39 is 0 Å². The molecule has 1 fully saturated rings. The molecule has 0 saturated carbocycles. The first-order valence-electron chi connectivity index (χ1n) is 9.26. The summed E-state index contributed by atoms with van der Waals surface area (Å²) in [6.07, 6.45) is 2.12. The maximum Gasteiger partial charge on any atom is 0.262 e. The van der Waals surface area contributed by atoms with Crippen molar-refractivity contribution >= 4 is 40.2 Å². The first-order valence-corrected chi connectivity index (χ1v) is 10.6. The van der Waals surface area contributed by atoms with Crippen molar-refractivity contribution in [1.82, 2.24) is 14.5 Å². The minimum Gasteiger partial charge on any atom is -0.342 e. The molecule has 144 valence electrons. The van der Waals surface area contributed by atoms with Crippen molar-refractivity contribution < 1.29 is 4.79 Å². The van der Waals surface area contributed by atoms with Crippen LogP contribution in [0, 0.1) is 0 Å². The van der Waals surface area contributed by atoms with E-state index in [1.54, 1.807) is 16.7 Å². The topological polar surface area (TPSA) is 55.2 Å². The summed E-state index contributed by atoms with van der Waals surface area (Å²) in [5.74, 6) is 0.375. The molecule has 0 spiro atoms. The third kappa shape index (κ3) is 4.08. The van der Waals surface area contributed by atoms with Crippen molar-refractivity contribution in [3.05, 3.63) is 69.5 Å². The molecular weight excluding hydrogens is 394 g/mol. The van der Waals surface area contributed by atoms with Gasteiger partial charge in [0.05, 0.1) is 23.2 Å². The molecule has 0 bridgehead atoms. The van der Waals surface area contributed by atoms with Gasteiger partial charge in [-0.25, -0.2) is 4.98 Å². The Labute approximate surface area is 172 Å². The summed E-state index contributed by atoms with van der Waals surface area (Å²) in [5, 5.41) is 1.74. The molecule has 1 aliphatic heterocycles. The average molecular weight is 414 g/mol. The van der Waals surface area contributed by atoms with E-state index in [0.717, 1.165) is 31.5 Å². The number of thioether (sulfide) groups is 1. The number of aromatic nitrogens is 2. The minimum absolute atomic E-state index is 0.0965. The van der Waals surface area contributed by atoms with Gasteiger partial charge in [-0.15, -0.1) is 0 Å². The number of benzene rings is 2. The summed E-state index contributed by atoms with van der Waals surface area (Å²) < 4.78 is 1.63. The van der Waals surface area contributed by atoms with E-state index in [-0.39, 0.29) is 17.2 Å². The normalized spacial score (nSPS) is 14.0. The van der Waals surface area contributed by atoms with Crippen LogP contribution in [0.2, 0.25) is 5.02 Å². The lowest BCUT2D eigenvalue weighted by molar-refractivity contribution is -0.127. The van der Waals surface area contributed by atoms with Crippen LogP contribution >= 0.6 is 23.4 Å². The number of nitrogens with zero attached hydrogens (tertiary/aromatic N) is 3. The summed E-state index contributed by atoms with van der Waals surface area (Å²) in [5.41, 5.74) is 1.45. The van der Waals surface area contributed by atoms with Gasteiger partial charge < -0.3 is 4.90 Å². The number of carbonyl (C=O) groups is 1. The van der Waals surface area contributed by atoms with Crippen LogP contribution in [0.5, 0.6) is 0 Å². The molecule has 1 saturated heterocycles. The van der Waals surface area contributed by atoms with Crippen LogP contribution < -0.4 is 5.56 Å². The number of hydrogen-bond donors (Lipinski definition) is 0. The lowest BCUT2D eigenvalue weighted by Crippen LogP contribution is -2.30. The zero-order chi connectivity index (χ0) is 19.5. The monoisotopic (exact) mass is 413 g/mol. The van der Waals surface area contributed by atoms with E-state index in [1.165, 1.54) is 11.8 Å². The van der Waals surface area contributed by atoms with Gasteiger partial charge in [0, 0.05) is 18.1 Å². The van der Waals surface area contributed by atoms with Gasteiger partial charge in [-0.2, -0.15) is 0 Å². The fourth-order valence-corrected chi connectivity index (χ4v) is 4.51. The second-order valence-corrected chi connectivity index (χ2v) is 8.19. The van der Waals surface area contributed by atoms with E-state index in [2.05, 4.69) is 4.98 Å². The van der Waals surface area contributed by atoms with Crippen molar-refractivity contribution in [2.75, 3.05) is 18.8 Å². The molecule has 0 N–H and O–H groups in total. The highest BCUT2D eigenvalue weighted by atomic mass is 35.5. The molecule has 2 heterocycles. The summed E-state index contributed by atoms with van der Waals surface area (Å²) in [6, 6.07) is 14.7. The Bertz CT molecular complexity index is 1080. The van der Waals surface area contributed by atoms with Crippen molar-refractivity contribution in [3.8, 4) is 0 Å². The molecule has 1 amide bonds. The largest absolute Gasteiger partial charge is 0.342 e. The number of para-hydroxylation sites is 1. The van der Waals surface area contributed by atoms with Crippen LogP contribution in [0.4, 0.5) is 0 Å². The molecule has 0 unspecified atom stereocenters. The lowest BCUT2D eigenvalue weighted by atomic mass is 10.2. The molecule has 2 aromatic carbocycles. The zero-order valence-corrected chi connectivity index (χ0v) is 16.9. The molecule has 0 atom stereocenters. The number of carbonyl (C=O) groups excluding carboxylic acids is 1. The maximum atomic E-state index is 13.1. The lowest BCUT2D eigenvalue weighted by Gasteiger charge is -2.16. The molecule has 4 rings (SSSR count). The molecular formula is C21H20ClN3O2S. The standard InChI is InChI=1S/C21H20ClN3O2S/c22-16-7-5-6-15(12-16)13-25-20(27)17-8-1-2-9-18(17)23-21(25)28-14-19(26)24-10-3-4-11-24/h1-2,5-9,12H,3-4,10-11,13-14H2. The Morgan fingerprint density at radius 3 is 2.68 bits per heavy atom. The molecule has 1 aliphatic rings. The molecule has 5 nitrogen and oxygen atoms in total. The first kappa shape index (κ1) is 19.0. The van der Waals surface area contributed by atoms with Crippen LogP contribution in [0.3, 0.4) is 0 Å². The van der Waals surface area contributed by atoms with E-state index in [4.69, 9.17) is 11.6 Å². The van der Waals surface area contributed by atoms with Crippen molar-refractivity contribution in [2.24, 2.45) is 0 Å². The molecule has 28 heavy (non-hydrogen) atoms. The predicted molar refractivity (Wildman–Crippen MR) is 113 cm³/mol. The second-order valence-electron chi connectivity index (χ2n) is 6.81. The fourth-order valence-electron chi connectivity index (χ4n) is 3.40. The van der Waals surface area contributed by atoms with Gasteiger partial charge in [-0.05, 0) is 42.7 Å². The van der Waals surface area contributed by atoms with Crippen LogP contribution in [-0.4, -0.2) is 39.2 Å². The fraction of sp³-hybridized carbons (Fsp3) is 0.286. The second kappa shape index (κ2) is 8.37. The average Bonchev–Trinajstić information content (AvgIpc) is 3.24. The maximum absolute atomic E-state index is 13.1. The van der Waals surface area contributed by atoms with Crippen LogP contribution in [-0.2, 0) is 11.3 Å². The third-order valence-electron chi connectivity index (χ3n) is 4.84. The molecule has 0 radical (unpaired) electrons. The highest BCUT2D eigenvalue weighted by Gasteiger charge is 2.19. The highest BCUT2D eigenvalue weighted by Crippen LogP contribution is 2.21. The molecule has 1 aromatic heterocycles. The number of likely N-dealkylation sites (tertiary alicyclic amines) is 1. The van der Waals surface area contributed by atoms with Gasteiger partial charge in [-0.3, -0.25) is 14.2 Å². The minimum atomic E-state index is -0.110. The Kier molecular flexibility index (Phi) is 5.69. The summed E-state index contributed by atoms with van der Waals surface area (Å²) >= 11 is 7.42. The summed E-state index contributed by atoms with van der Waals surface area (Å²) in [4.78, 5) is 32.1. The van der Waals surface area contributed by atoms with Gasteiger partial charge in [0.1, 0.15) is 0 Å². The third-order valence-corrected chi connectivity index (χ3v) is 6.04. The molecule has 0 aliphatic carbocycles.